The molecular weight excluding hydrogens is 366 g/mol. The summed E-state index contributed by atoms with van der Waals surface area (Å²) in [7, 11) is 0. The summed E-state index contributed by atoms with van der Waals surface area (Å²) in [4.78, 5) is 23.7. The fourth-order valence-electron chi connectivity index (χ4n) is 2.70. The van der Waals surface area contributed by atoms with Crippen LogP contribution in [0.15, 0.2) is 84.6 Å². The number of carbonyl (C=O) groups excluding carboxylic acids is 1. The van der Waals surface area contributed by atoms with Crippen molar-refractivity contribution in [1.29, 1.82) is 0 Å². The third-order valence-corrected chi connectivity index (χ3v) is 4.36. The normalized spacial score (nSPS) is 11.0. The van der Waals surface area contributed by atoms with Crippen molar-refractivity contribution in [2.75, 3.05) is 0 Å². The number of carboxylic acids is 1. The van der Waals surface area contributed by atoms with Gasteiger partial charge in [0.1, 0.15) is 18.1 Å². The standard InChI is InChI=1S/C24H21NO4/c1-17-7-5-6-10-20(17)16-29-21-13-11-18(12-14-21)15-22(24(27)28)25-23(26)19-8-3-2-4-9-19/h2-15H,16H2,1H3,(H,25,26)(H,27,28)/b22-15+. The van der Waals surface area contributed by atoms with Gasteiger partial charge >= 0.3 is 5.97 Å². The van der Waals surface area contributed by atoms with Gasteiger partial charge in [0, 0.05) is 5.56 Å². The van der Waals surface area contributed by atoms with Crippen LogP contribution in [-0.4, -0.2) is 17.0 Å². The Morgan fingerprint density at radius 3 is 2.24 bits per heavy atom. The first-order valence-corrected chi connectivity index (χ1v) is 9.11. The lowest BCUT2D eigenvalue weighted by molar-refractivity contribution is -0.132. The van der Waals surface area contributed by atoms with Crippen LogP contribution >= 0.6 is 0 Å². The van der Waals surface area contributed by atoms with E-state index in [1.807, 2.05) is 31.2 Å². The monoisotopic (exact) mass is 387 g/mol. The second-order valence-electron chi connectivity index (χ2n) is 6.47. The average molecular weight is 387 g/mol. The molecule has 3 aromatic carbocycles. The second-order valence-corrected chi connectivity index (χ2v) is 6.47. The van der Waals surface area contributed by atoms with E-state index in [1.165, 1.54) is 6.08 Å². The van der Waals surface area contributed by atoms with E-state index >= 15 is 0 Å². The molecule has 2 N–H and O–H groups in total. The van der Waals surface area contributed by atoms with E-state index in [-0.39, 0.29) is 5.70 Å². The fourth-order valence-corrected chi connectivity index (χ4v) is 2.70. The molecule has 3 aromatic rings. The average Bonchev–Trinajstić information content (AvgIpc) is 2.74. The Kier molecular flexibility index (Phi) is 6.43. The molecule has 0 fully saturated rings. The summed E-state index contributed by atoms with van der Waals surface area (Å²) in [5, 5.41) is 11.9. The lowest BCUT2D eigenvalue weighted by Gasteiger charge is -2.09. The third kappa shape index (κ3) is 5.56. The maximum absolute atomic E-state index is 12.2. The van der Waals surface area contributed by atoms with Gasteiger partial charge in [-0.05, 0) is 54.0 Å². The molecule has 5 heteroatoms. The van der Waals surface area contributed by atoms with Gasteiger partial charge in [-0.15, -0.1) is 0 Å². The van der Waals surface area contributed by atoms with Crippen molar-refractivity contribution in [1.82, 2.24) is 5.32 Å². The van der Waals surface area contributed by atoms with Gasteiger partial charge in [-0.25, -0.2) is 4.79 Å². The van der Waals surface area contributed by atoms with E-state index in [1.54, 1.807) is 54.6 Å². The summed E-state index contributed by atoms with van der Waals surface area (Å²) in [6, 6.07) is 23.5. The molecule has 146 valence electrons. The maximum Gasteiger partial charge on any atom is 0.352 e. The molecule has 0 aliphatic carbocycles. The molecule has 1 amide bonds. The van der Waals surface area contributed by atoms with Crippen molar-refractivity contribution in [3.63, 3.8) is 0 Å². The van der Waals surface area contributed by atoms with Crippen molar-refractivity contribution < 1.29 is 19.4 Å². The molecule has 29 heavy (non-hydrogen) atoms. The zero-order chi connectivity index (χ0) is 20.6. The summed E-state index contributed by atoms with van der Waals surface area (Å²) in [5.41, 5.74) is 3.09. The molecule has 0 spiro atoms. The van der Waals surface area contributed by atoms with Crippen molar-refractivity contribution in [3.8, 4) is 5.75 Å². The van der Waals surface area contributed by atoms with E-state index < -0.39 is 11.9 Å². The molecule has 0 aromatic heterocycles. The number of nitrogens with one attached hydrogen (secondary N) is 1. The molecule has 0 aliphatic rings. The molecule has 5 nitrogen and oxygen atoms in total. The SMILES string of the molecule is Cc1ccccc1COc1ccc(/C=C(/NC(=O)c2ccccc2)C(=O)O)cc1. The highest BCUT2D eigenvalue weighted by molar-refractivity contribution is 6.02. The van der Waals surface area contributed by atoms with Gasteiger partial charge in [-0.3, -0.25) is 4.79 Å². The van der Waals surface area contributed by atoms with Crippen LogP contribution in [0.25, 0.3) is 6.08 Å². The van der Waals surface area contributed by atoms with Crippen LogP contribution < -0.4 is 10.1 Å². The number of hydrogen-bond acceptors (Lipinski definition) is 3. The quantitative estimate of drug-likeness (QED) is 0.588. The molecule has 0 radical (unpaired) electrons. The molecule has 0 unspecified atom stereocenters. The van der Waals surface area contributed by atoms with Gasteiger partial charge < -0.3 is 15.2 Å². The molecule has 0 atom stereocenters. The predicted molar refractivity (Wildman–Crippen MR) is 111 cm³/mol. The highest BCUT2D eigenvalue weighted by Gasteiger charge is 2.13. The number of carboxylic acid groups (broad SMARTS) is 1. The van der Waals surface area contributed by atoms with Crippen LogP contribution in [0.3, 0.4) is 0 Å². The first kappa shape index (κ1) is 19.9. The summed E-state index contributed by atoms with van der Waals surface area (Å²) in [6.45, 7) is 2.49. The van der Waals surface area contributed by atoms with E-state index in [2.05, 4.69) is 5.32 Å². The molecule has 0 saturated carbocycles. The number of amides is 1. The summed E-state index contributed by atoms with van der Waals surface area (Å²) in [6.07, 6.45) is 1.41. The second kappa shape index (κ2) is 9.37. The molecule has 3 rings (SSSR count). The highest BCUT2D eigenvalue weighted by atomic mass is 16.5. The Balaban J connectivity index is 1.68. The first-order valence-electron chi connectivity index (χ1n) is 9.11. The molecule has 0 heterocycles. The smallest absolute Gasteiger partial charge is 0.352 e. The van der Waals surface area contributed by atoms with Crippen LogP contribution in [-0.2, 0) is 11.4 Å². The molecule has 0 aliphatic heterocycles. The number of rotatable bonds is 7. The number of carbonyl (C=O) groups is 2. The Morgan fingerprint density at radius 2 is 1.59 bits per heavy atom. The van der Waals surface area contributed by atoms with Gasteiger partial charge in [-0.2, -0.15) is 0 Å². The third-order valence-electron chi connectivity index (χ3n) is 4.36. The number of aliphatic carboxylic acids is 1. The Morgan fingerprint density at radius 1 is 0.931 bits per heavy atom. The van der Waals surface area contributed by atoms with Gasteiger partial charge in [-0.1, -0.05) is 54.6 Å². The van der Waals surface area contributed by atoms with Gasteiger partial charge in [0.25, 0.3) is 5.91 Å². The minimum absolute atomic E-state index is 0.201. The minimum atomic E-state index is -1.21. The zero-order valence-corrected chi connectivity index (χ0v) is 16.0. The lowest BCUT2D eigenvalue weighted by Crippen LogP contribution is -2.27. The molecular formula is C24H21NO4. The first-order chi connectivity index (χ1) is 14.0. The van der Waals surface area contributed by atoms with Crippen molar-refractivity contribution in [2.24, 2.45) is 0 Å². The van der Waals surface area contributed by atoms with Crippen molar-refractivity contribution in [2.45, 2.75) is 13.5 Å². The summed E-state index contributed by atoms with van der Waals surface area (Å²) in [5.74, 6) is -1.01. The van der Waals surface area contributed by atoms with Crippen LogP contribution in [0.1, 0.15) is 27.0 Å². The number of aryl methyl sites for hydroxylation is 1. The van der Waals surface area contributed by atoms with E-state index in [0.29, 0.717) is 23.5 Å². The van der Waals surface area contributed by atoms with Crippen LogP contribution in [0, 0.1) is 6.92 Å². The van der Waals surface area contributed by atoms with Gasteiger partial charge in [0.15, 0.2) is 0 Å². The number of ether oxygens (including phenoxy) is 1. The molecule has 0 saturated heterocycles. The van der Waals surface area contributed by atoms with E-state index in [9.17, 15) is 14.7 Å². The lowest BCUT2D eigenvalue weighted by atomic mass is 10.1. The molecule has 0 bridgehead atoms. The van der Waals surface area contributed by atoms with Crippen molar-refractivity contribution in [3.05, 3.63) is 107 Å². The van der Waals surface area contributed by atoms with E-state index in [0.717, 1.165) is 11.1 Å². The Hall–Kier alpha value is -3.86. The van der Waals surface area contributed by atoms with Crippen LogP contribution in [0.4, 0.5) is 0 Å². The predicted octanol–water partition coefficient (Wildman–Crippen LogP) is 4.43. The number of hydrogen-bond donors (Lipinski definition) is 2. The van der Waals surface area contributed by atoms with Crippen LogP contribution in [0.5, 0.6) is 5.75 Å². The van der Waals surface area contributed by atoms with Gasteiger partial charge in [0.2, 0.25) is 0 Å². The van der Waals surface area contributed by atoms with Crippen LogP contribution in [0.2, 0.25) is 0 Å². The van der Waals surface area contributed by atoms with E-state index in [4.69, 9.17) is 4.74 Å². The van der Waals surface area contributed by atoms with Gasteiger partial charge in [0.05, 0.1) is 0 Å². The Labute approximate surface area is 169 Å². The zero-order valence-electron chi connectivity index (χ0n) is 16.0. The fraction of sp³-hybridized carbons (Fsp3) is 0.0833. The maximum atomic E-state index is 12.2. The topological polar surface area (TPSA) is 75.6 Å². The Bertz CT molecular complexity index is 1020. The largest absolute Gasteiger partial charge is 0.489 e. The van der Waals surface area contributed by atoms with Crippen molar-refractivity contribution >= 4 is 18.0 Å². The highest BCUT2D eigenvalue weighted by Crippen LogP contribution is 2.17. The number of benzene rings is 3. The summed E-state index contributed by atoms with van der Waals surface area (Å²) >= 11 is 0. The minimum Gasteiger partial charge on any atom is -0.489 e. The summed E-state index contributed by atoms with van der Waals surface area (Å²) < 4.78 is 5.80.